The Labute approximate surface area is 113 Å². The fourth-order valence-corrected chi connectivity index (χ4v) is 2.91. The van der Waals surface area contributed by atoms with Crippen molar-refractivity contribution in [1.29, 1.82) is 0 Å². The van der Waals surface area contributed by atoms with Crippen LogP contribution in [0.2, 0.25) is 0 Å². The number of anilines is 1. The Balaban J connectivity index is 1.82. The molecule has 0 bridgehead atoms. The summed E-state index contributed by atoms with van der Waals surface area (Å²) in [6, 6.07) is 4.79. The van der Waals surface area contributed by atoms with E-state index < -0.39 is 10.0 Å². The van der Waals surface area contributed by atoms with Crippen molar-refractivity contribution in [1.82, 2.24) is 5.32 Å². The third kappa shape index (κ3) is 4.80. The first kappa shape index (κ1) is 14.3. The van der Waals surface area contributed by atoms with Crippen LogP contribution in [0.15, 0.2) is 18.2 Å². The highest BCUT2D eigenvalue weighted by Crippen LogP contribution is 2.18. The summed E-state index contributed by atoms with van der Waals surface area (Å²) in [6.07, 6.45) is 2.96. The molecule has 1 aliphatic carbocycles. The number of nitrogens with one attached hydrogen (secondary N) is 2. The highest BCUT2D eigenvalue weighted by molar-refractivity contribution is 7.92. The molecular weight excluding hydrogens is 267 g/mol. The average molecular weight is 286 g/mol. The second-order valence-electron chi connectivity index (χ2n) is 4.97. The summed E-state index contributed by atoms with van der Waals surface area (Å²) in [7, 11) is -3.35. The highest BCUT2D eigenvalue weighted by atomic mass is 32.2. The van der Waals surface area contributed by atoms with Crippen LogP contribution >= 0.6 is 0 Å². The van der Waals surface area contributed by atoms with Gasteiger partial charge in [-0.2, -0.15) is 0 Å². The number of benzene rings is 1. The Morgan fingerprint density at radius 2 is 2.11 bits per heavy atom. The number of rotatable bonds is 7. The number of hydrogen-bond donors (Lipinski definition) is 2. The lowest BCUT2D eigenvalue weighted by Gasteiger charge is -2.09. The van der Waals surface area contributed by atoms with Gasteiger partial charge in [0.15, 0.2) is 0 Å². The molecule has 6 heteroatoms. The molecule has 0 aliphatic heterocycles. The van der Waals surface area contributed by atoms with Gasteiger partial charge in [-0.3, -0.25) is 4.72 Å². The molecule has 2 rings (SSSR count). The molecule has 1 fully saturated rings. The van der Waals surface area contributed by atoms with E-state index in [4.69, 9.17) is 0 Å². The molecule has 0 amide bonds. The van der Waals surface area contributed by atoms with Crippen molar-refractivity contribution in [2.75, 3.05) is 17.0 Å². The molecule has 2 N–H and O–H groups in total. The molecule has 1 aromatic carbocycles. The Morgan fingerprint density at radius 1 is 1.37 bits per heavy atom. The molecule has 0 spiro atoms. The lowest BCUT2D eigenvalue weighted by molar-refractivity contribution is 0.593. The fraction of sp³-hybridized carbons (Fsp3) is 0.538. The molecule has 4 nitrogen and oxygen atoms in total. The van der Waals surface area contributed by atoms with Crippen LogP contribution < -0.4 is 10.0 Å². The van der Waals surface area contributed by atoms with Gasteiger partial charge >= 0.3 is 0 Å². The molecule has 1 aliphatic rings. The minimum Gasteiger partial charge on any atom is -0.314 e. The normalized spacial score (nSPS) is 15.5. The first-order valence-electron chi connectivity index (χ1n) is 6.46. The molecule has 0 atom stereocenters. The van der Waals surface area contributed by atoms with E-state index in [9.17, 15) is 12.8 Å². The van der Waals surface area contributed by atoms with Crippen molar-refractivity contribution < 1.29 is 12.8 Å². The van der Waals surface area contributed by atoms with Gasteiger partial charge in [-0.15, -0.1) is 0 Å². The van der Waals surface area contributed by atoms with Gasteiger partial charge in [0, 0.05) is 11.7 Å². The average Bonchev–Trinajstić information content (AvgIpc) is 3.13. The summed E-state index contributed by atoms with van der Waals surface area (Å²) < 4.78 is 39.2. The molecule has 1 saturated carbocycles. The van der Waals surface area contributed by atoms with Crippen molar-refractivity contribution in [3.63, 3.8) is 0 Å². The number of hydrogen-bond acceptors (Lipinski definition) is 3. The van der Waals surface area contributed by atoms with Gasteiger partial charge < -0.3 is 5.32 Å². The topological polar surface area (TPSA) is 58.2 Å². The first-order valence-corrected chi connectivity index (χ1v) is 8.11. The van der Waals surface area contributed by atoms with Gasteiger partial charge in [0.25, 0.3) is 0 Å². The predicted molar refractivity (Wildman–Crippen MR) is 74.2 cm³/mol. The third-order valence-electron chi connectivity index (χ3n) is 3.03. The van der Waals surface area contributed by atoms with Gasteiger partial charge in [0.1, 0.15) is 5.82 Å². The fourth-order valence-electron chi connectivity index (χ4n) is 1.79. The third-order valence-corrected chi connectivity index (χ3v) is 4.40. The SMILES string of the molecule is Cc1cc(NS(=O)(=O)CCCNC2CC2)ccc1F. The predicted octanol–water partition coefficient (Wildman–Crippen LogP) is 2.02. The smallest absolute Gasteiger partial charge is 0.232 e. The summed E-state index contributed by atoms with van der Waals surface area (Å²) in [5, 5.41) is 3.27. The van der Waals surface area contributed by atoms with Gasteiger partial charge in [0.2, 0.25) is 10.0 Å². The van der Waals surface area contributed by atoms with Crippen LogP contribution in [0.1, 0.15) is 24.8 Å². The van der Waals surface area contributed by atoms with Crippen LogP contribution in [0, 0.1) is 12.7 Å². The summed E-state index contributed by atoms with van der Waals surface area (Å²) in [5.41, 5.74) is 0.838. The van der Waals surface area contributed by atoms with Gasteiger partial charge in [-0.1, -0.05) is 0 Å². The standard InChI is InChI=1S/C13H19FN2O2S/c1-10-9-12(5-6-13(10)14)16-19(17,18)8-2-7-15-11-3-4-11/h5-6,9,11,15-16H,2-4,7-8H2,1H3. The Kier molecular flexibility index (Phi) is 4.42. The van der Waals surface area contributed by atoms with Crippen LogP contribution in [0.25, 0.3) is 0 Å². The van der Waals surface area contributed by atoms with Crippen LogP contribution in [0.3, 0.4) is 0 Å². The second-order valence-corrected chi connectivity index (χ2v) is 6.81. The van der Waals surface area contributed by atoms with Crippen LogP contribution in [-0.4, -0.2) is 26.8 Å². The van der Waals surface area contributed by atoms with Gasteiger partial charge in [-0.25, -0.2) is 12.8 Å². The van der Waals surface area contributed by atoms with E-state index >= 15 is 0 Å². The van der Waals surface area contributed by atoms with Crippen molar-refractivity contribution in [2.45, 2.75) is 32.2 Å². The molecule has 0 saturated heterocycles. The van der Waals surface area contributed by atoms with Crippen molar-refractivity contribution in [3.05, 3.63) is 29.6 Å². The highest BCUT2D eigenvalue weighted by Gasteiger charge is 2.20. The van der Waals surface area contributed by atoms with Crippen molar-refractivity contribution in [3.8, 4) is 0 Å². The van der Waals surface area contributed by atoms with Crippen LogP contribution in [0.5, 0.6) is 0 Å². The van der Waals surface area contributed by atoms with E-state index in [1.807, 2.05) is 0 Å². The lowest BCUT2D eigenvalue weighted by atomic mass is 10.2. The van der Waals surface area contributed by atoms with Crippen molar-refractivity contribution >= 4 is 15.7 Å². The number of halogens is 1. The summed E-state index contributed by atoms with van der Waals surface area (Å²) in [5.74, 6) is -0.264. The van der Waals surface area contributed by atoms with Gasteiger partial charge in [0.05, 0.1) is 5.75 Å². The largest absolute Gasteiger partial charge is 0.314 e. The summed E-state index contributed by atoms with van der Waals surface area (Å²) in [4.78, 5) is 0. The summed E-state index contributed by atoms with van der Waals surface area (Å²) in [6.45, 7) is 2.32. The maximum Gasteiger partial charge on any atom is 0.232 e. The zero-order valence-corrected chi connectivity index (χ0v) is 11.8. The van der Waals surface area contributed by atoms with E-state index in [1.54, 1.807) is 6.92 Å². The molecule has 0 radical (unpaired) electrons. The number of sulfonamides is 1. The molecule has 1 aromatic rings. The van der Waals surface area contributed by atoms with E-state index in [-0.39, 0.29) is 11.6 Å². The quantitative estimate of drug-likeness (QED) is 0.754. The van der Waals surface area contributed by atoms with Gasteiger partial charge in [-0.05, 0) is 56.5 Å². The Bertz CT molecular complexity index is 542. The molecule has 0 heterocycles. The minimum atomic E-state index is -3.35. The lowest BCUT2D eigenvalue weighted by Crippen LogP contribution is -2.23. The Hall–Kier alpha value is -1.14. The van der Waals surface area contributed by atoms with E-state index in [1.165, 1.54) is 31.0 Å². The van der Waals surface area contributed by atoms with Crippen LogP contribution in [-0.2, 0) is 10.0 Å². The van der Waals surface area contributed by atoms with Crippen LogP contribution in [0.4, 0.5) is 10.1 Å². The molecule has 0 aromatic heterocycles. The maximum absolute atomic E-state index is 13.1. The first-order chi connectivity index (χ1) is 8.96. The molecular formula is C13H19FN2O2S. The van der Waals surface area contributed by atoms with E-state index in [0.29, 0.717) is 30.3 Å². The molecule has 0 unspecified atom stereocenters. The molecule has 19 heavy (non-hydrogen) atoms. The monoisotopic (exact) mass is 286 g/mol. The maximum atomic E-state index is 13.1. The van der Waals surface area contributed by atoms with E-state index in [0.717, 1.165) is 0 Å². The zero-order chi connectivity index (χ0) is 13.9. The number of aryl methyl sites for hydroxylation is 1. The minimum absolute atomic E-state index is 0.0726. The summed E-state index contributed by atoms with van der Waals surface area (Å²) >= 11 is 0. The van der Waals surface area contributed by atoms with Crippen molar-refractivity contribution in [2.24, 2.45) is 0 Å². The molecule has 106 valence electrons. The van der Waals surface area contributed by atoms with E-state index in [2.05, 4.69) is 10.0 Å². The second kappa shape index (κ2) is 5.88. The zero-order valence-electron chi connectivity index (χ0n) is 10.9. The Morgan fingerprint density at radius 3 is 2.74 bits per heavy atom.